The zero-order chi connectivity index (χ0) is 15.6. The number of aromatic nitrogens is 1. The van der Waals surface area contributed by atoms with Gasteiger partial charge in [0.2, 0.25) is 0 Å². The molecule has 0 spiro atoms. The van der Waals surface area contributed by atoms with Crippen molar-refractivity contribution in [2.45, 2.75) is 51.0 Å². The fourth-order valence-electron chi connectivity index (χ4n) is 3.72. The lowest BCUT2D eigenvalue weighted by Gasteiger charge is -2.35. The maximum absolute atomic E-state index is 13.2. The lowest BCUT2D eigenvalue weighted by molar-refractivity contribution is 0.264. The van der Waals surface area contributed by atoms with Crippen LogP contribution in [-0.2, 0) is 17.3 Å². The second-order valence-corrected chi connectivity index (χ2v) is 8.37. The van der Waals surface area contributed by atoms with Crippen molar-refractivity contribution in [1.29, 1.82) is 0 Å². The van der Waals surface area contributed by atoms with Gasteiger partial charge in [0.25, 0.3) is 10.2 Å². The minimum absolute atomic E-state index is 0.0190. The van der Waals surface area contributed by atoms with Crippen LogP contribution in [0.25, 0.3) is 0 Å². The molecule has 0 aromatic carbocycles. The highest BCUT2D eigenvalue weighted by Crippen LogP contribution is 2.34. The molecule has 2 aliphatic rings. The second-order valence-electron chi connectivity index (χ2n) is 6.49. The Balaban J connectivity index is 1.91. The van der Waals surface area contributed by atoms with Crippen molar-refractivity contribution >= 4 is 10.2 Å². The average Bonchev–Trinajstić information content (AvgIpc) is 2.80. The van der Waals surface area contributed by atoms with Gasteiger partial charge in [-0.3, -0.25) is 0 Å². The van der Waals surface area contributed by atoms with Crippen LogP contribution in [0, 0.1) is 0 Å². The molecule has 3 rings (SSSR count). The highest BCUT2D eigenvalue weighted by atomic mass is 32.2. The Morgan fingerprint density at radius 2 is 1.68 bits per heavy atom. The van der Waals surface area contributed by atoms with Gasteiger partial charge in [-0.15, -0.1) is 0 Å². The van der Waals surface area contributed by atoms with E-state index in [9.17, 15) is 8.42 Å². The summed E-state index contributed by atoms with van der Waals surface area (Å²) in [6, 6.07) is 4.05. The molecular formula is C16H27N3O2S. The van der Waals surface area contributed by atoms with Crippen molar-refractivity contribution in [2.75, 3.05) is 19.6 Å². The van der Waals surface area contributed by atoms with Crippen LogP contribution >= 0.6 is 0 Å². The maximum Gasteiger partial charge on any atom is 0.282 e. The van der Waals surface area contributed by atoms with Crippen LogP contribution in [0.4, 0.5) is 0 Å². The van der Waals surface area contributed by atoms with E-state index in [1.807, 2.05) is 19.3 Å². The molecule has 2 saturated heterocycles. The summed E-state index contributed by atoms with van der Waals surface area (Å²) in [7, 11) is -1.34. The molecule has 1 atom stereocenters. The molecule has 0 saturated carbocycles. The van der Waals surface area contributed by atoms with Crippen LogP contribution in [0.3, 0.4) is 0 Å². The second kappa shape index (κ2) is 6.72. The zero-order valence-corrected chi connectivity index (χ0v) is 14.3. The Kier molecular flexibility index (Phi) is 4.90. The summed E-state index contributed by atoms with van der Waals surface area (Å²) >= 11 is 0. The van der Waals surface area contributed by atoms with E-state index < -0.39 is 10.2 Å². The van der Waals surface area contributed by atoms with E-state index in [1.165, 1.54) is 0 Å². The van der Waals surface area contributed by atoms with Gasteiger partial charge in [0.1, 0.15) is 0 Å². The largest absolute Gasteiger partial charge is 0.353 e. The Morgan fingerprint density at radius 3 is 2.36 bits per heavy atom. The normalized spacial score (nSPS) is 26.0. The first-order valence-corrected chi connectivity index (χ1v) is 9.88. The van der Waals surface area contributed by atoms with Crippen molar-refractivity contribution in [2.24, 2.45) is 7.05 Å². The van der Waals surface area contributed by atoms with Gasteiger partial charge < -0.3 is 4.57 Å². The van der Waals surface area contributed by atoms with Gasteiger partial charge in [0.15, 0.2) is 0 Å². The van der Waals surface area contributed by atoms with Gasteiger partial charge in [0, 0.05) is 38.6 Å². The molecule has 0 amide bonds. The van der Waals surface area contributed by atoms with Gasteiger partial charge in [-0.25, -0.2) is 0 Å². The van der Waals surface area contributed by atoms with Crippen molar-refractivity contribution < 1.29 is 8.42 Å². The van der Waals surface area contributed by atoms with Gasteiger partial charge in [-0.05, 0) is 37.8 Å². The SMILES string of the molecule is Cn1cccc1C1CCCCCN1S(=O)(=O)N1CCCCC1. The van der Waals surface area contributed by atoms with Crippen LogP contribution in [0.5, 0.6) is 0 Å². The molecule has 3 heterocycles. The van der Waals surface area contributed by atoms with E-state index in [0.29, 0.717) is 19.6 Å². The van der Waals surface area contributed by atoms with Crippen LogP contribution in [0.15, 0.2) is 18.3 Å². The highest BCUT2D eigenvalue weighted by Gasteiger charge is 2.37. The van der Waals surface area contributed by atoms with E-state index in [4.69, 9.17) is 0 Å². The van der Waals surface area contributed by atoms with Gasteiger partial charge in [0.05, 0.1) is 6.04 Å². The summed E-state index contributed by atoms with van der Waals surface area (Å²) in [6.45, 7) is 2.01. The molecule has 0 aliphatic carbocycles. The summed E-state index contributed by atoms with van der Waals surface area (Å²) in [6.07, 6.45) is 9.23. The van der Waals surface area contributed by atoms with Crippen LogP contribution in [0.2, 0.25) is 0 Å². The molecule has 6 heteroatoms. The van der Waals surface area contributed by atoms with Crippen LogP contribution in [0.1, 0.15) is 56.7 Å². The zero-order valence-electron chi connectivity index (χ0n) is 13.4. The monoisotopic (exact) mass is 325 g/mol. The summed E-state index contributed by atoms with van der Waals surface area (Å²) in [5.74, 6) is 0. The first-order valence-electron chi connectivity index (χ1n) is 8.49. The number of hydrogen-bond donors (Lipinski definition) is 0. The van der Waals surface area contributed by atoms with E-state index in [-0.39, 0.29) is 6.04 Å². The maximum atomic E-state index is 13.2. The molecule has 1 aromatic rings. The number of nitrogens with zero attached hydrogens (tertiary/aromatic N) is 3. The number of rotatable bonds is 3. The van der Waals surface area contributed by atoms with Crippen molar-refractivity contribution in [3.63, 3.8) is 0 Å². The molecule has 1 aromatic heterocycles. The van der Waals surface area contributed by atoms with E-state index in [0.717, 1.165) is 50.6 Å². The van der Waals surface area contributed by atoms with Gasteiger partial charge >= 0.3 is 0 Å². The Bertz CT molecular complexity index is 590. The summed E-state index contributed by atoms with van der Waals surface area (Å²) in [4.78, 5) is 0. The van der Waals surface area contributed by atoms with Crippen molar-refractivity contribution in [3.8, 4) is 0 Å². The number of aryl methyl sites for hydroxylation is 1. The fourth-order valence-corrected chi connectivity index (χ4v) is 5.63. The quantitative estimate of drug-likeness (QED) is 0.858. The highest BCUT2D eigenvalue weighted by molar-refractivity contribution is 7.86. The average molecular weight is 325 g/mol. The molecule has 22 heavy (non-hydrogen) atoms. The molecule has 124 valence electrons. The molecule has 0 bridgehead atoms. The summed E-state index contributed by atoms with van der Waals surface area (Å²) < 4.78 is 31.9. The molecule has 5 nitrogen and oxygen atoms in total. The lowest BCUT2D eigenvalue weighted by atomic mass is 10.1. The summed E-state index contributed by atoms with van der Waals surface area (Å²) in [5, 5.41) is 0. The number of hydrogen-bond acceptors (Lipinski definition) is 2. The third kappa shape index (κ3) is 3.09. The third-order valence-corrected chi connectivity index (χ3v) is 7.01. The Labute approximate surface area is 134 Å². The lowest BCUT2D eigenvalue weighted by Crippen LogP contribution is -2.47. The standard InChI is InChI=1S/C16H27N3O2S/c1-17-11-8-10-15(17)16-9-4-2-7-14-19(16)22(20,21)18-12-5-3-6-13-18/h8,10-11,16H,2-7,9,12-14H2,1H3. The molecule has 2 aliphatic heterocycles. The summed E-state index contributed by atoms with van der Waals surface area (Å²) in [5.41, 5.74) is 1.11. The van der Waals surface area contributed by atoms with Gasteiger partial charge in [-0.1, -0.05) is 19.3 Å². The molecule has 1 unspecified atom stereocenters. The minimum atomic E-state index is -3.35. The third-order valence-electron chi connectivity index (χ3n) is 4.97. The number of piperidine rings is 1. The Hall–Kier alpha value is -0.850. The molecule has 0 radical (unpaired) electrons. The predicted octanol–water partition coefficient (Wildman–Crippen LogP) is 2.67. The first kappa shape index (κ1) is 16.0. The van der Waals surface area contributed by atoms with Crippen molar-refractivity contribution in [1.82, 2.24) is 13.2 Å². The van der Waals surface area contributed by atoms with Crippen molar-refractivity contribution in [3.05, 3.63) is 24.0 Å². The molecule has 0 N–H and O–H groups in total. The Morgan fingerprint density at radius 1 is 1.00 bits per heavy atom. The van der Waals surface area contributed by atoms with Gasteiger partial charge in [-0.2, -0.15) is 17.0 Å². The first-order chi connectivity index (χ1) is 10.6. The van der Waals surface area contributed by atoms with E-state index in [1.54, 1.807) is 8.61 Å². The van der Waals surface area contributed by atoms with Crippen LogP contribution < -0.4 is 0 Å². The minimum Gasteiger partial charge on any atom is -0.353 e. The topological polar surface area (TPSA) is 45.6 Å². The fraction of sp³-hybridized carbons (Fsp3) is 0.750. The van der Waals surface area contributed by atoms with E-state index >= 15 is 0 Å². The molecular weight excluding hydrogens is 298 g/mol. The van der Waals surface area contributed by atoms with Crippen LogP contribution in [-0.4, -0.2) is 41.2 Å². The predicted molar refractivity (Wildman–Crippen MR) is 87.7 cm³/mol. The smallest absolute Gasteiger partial charge is 0.282 e. The van der Waals surface area contributed by atoms with E-state index in [2.05, 4.69) is 10.6 Å². The molecule has 2 fully saturated rings.